The van der Waals surface area contributed by atoms with Crippen molar-refractivity contribution in [1.82, 2.24) is 9.97 Å². The van der Waals surface area contributed by atoms with Crippen LogP contribution >= 0.6 is 0 Å². The average Bonchev–Trinajstić information content (AvgIpc) is 2.68. The largest absolute Gasteiger partial charge is 0.497 e. The molecule has 0 fully saturated rings. The van der Waals surface area contributed by atoms with Gasteiger partial charge in [-0.05, 0) is 0 Å². The van der Waals surface area contributed by atoms with Crippen LogP contribution in [-0.2, 0) is 0 Å². The summed E-state index contributed by atoms with van der Waals surface area (Å²) in [5.41, 5.74) is 7.59. The maximum Gasteiger partial charge on any atom is 0.163 e. The van der Waals surface area contributed by atoms with Crippen molar-refractivity contribution in [1.29, 1.82) is 5.26 Å². The first kappa shape index (κ1) is 17.0. The third-order valence-electron chi connectivity index (χ3n) is 3.69. The first-order valence-electron chi connectivity index (χ1n) is 7.77. The minimum atomic E-state index is 0.110. The molecule has 1 aromatic heterocycles. The highest BCUT2D eigenvalue weighted by Crippen LogP contribution is 2.30. The summed E-state index contributed by atoms with van der Waals surface area (Å²) in [5.74, 6) is 2.07. The van der Waals surface area contributed by atoms with Crippen LogP contribution in [0.4, 0.5) is 17.3 Å². The fourth-order valence-electron chi connectivity index (χ4n) is 2.41. The second-order valence-corrected chi connectivity index (χ2v) is 5.36. The average molecular weight is 347 g/mol. The highest BCUT2D eigenvalue weighted by Gasteiger charge is 2.14. The molecule has 130 valence electrons. The molecule has 0 spiro atoms. The van der Waals surface area contributed by atoms with Gasteiger partial charge in [-0.15, -0.1) is 0 Å². The van der Waals surface area contributed by atoms with Crippen molar-refractivity contribution in [3.05, 3.63) is 54.1 Å². The summed E-state index contributed by atoms with van der Waals surface area (Å²) in [6.07, 6.45) is 0. The molecule has 0 saturated heterocycles. The van der Waals surface area contributed by atoms with Crippen LogP contribution in [0.15, 0.2) is 48.5 Å². The molecule has 0 aliphatic carbocycles. The Balaban J connectivity index is 2.07. The predicted molar refractivity (Wildman–Crippen MR) is 99.4 cm³/mol. The fourth-order valence-corrected chi connectivity index (χ4v) is 2.41. The number of hydrogen-bond acceptors (Lipinski definition) is 7. The van der Waals surface area contributed by atoms with Crippen LogP contribution in [0.5, 0.6) is 11.5 Å². The normalized spacial score (nSPS) is 10.0. The second-order valence-electron chi connectivity index (χ2n) is 5.36. The minimum absolute atomic E-state index is 0.110. The quantitative estimate of drug-likeness (QED) is 0.729. The number of benzene rings is 2. The van der Waals surface area contributed by atoms with E-state index >= 15 is 0 Å². The molecule has 0 aliphatic heterocycles. The maximum atomic E-state index is 9.44. The van der Waals surface area contributed by atoms with Crippen LogP contribution in [0.25, 0.3) is 11.4 Å². The van der Waals surface area contributed by atoms with E-state index in [9.17, 15) is 5.26 Å². The van der Waals surface area contributed by atoms with Gasteiger partial charge in [0.05, 0.1) is 14.2 Å². The van der Waals surface area contributed by atoms with Crippen molar-refractivity contribution in [2.45, 2.75) is 0 Å². The van der Waals surface area contributed by atoms with Crippen LogP contribution in [0, 0.1) is 11.3 Å². The van der Waals surface area contributed by atoms with E-state index in [0.29, 0.717) is 28.8 Å². The van der Waals surface area contributed by atoms with Gasteiger partial charge in [0.2, 0.25) is 0 Å². The molecule has 0 atom stereocenters. The van der Waals surface area contributed by atoms with Crippen LogP contribution < -0.4 is 20.5 Å². The molecule has 3 aromatic rings. The number of methoxy groups -OCH3 is 2. The molecule has 3 rings (SSSR count). The second kappa shape index (κ2) is 7.40. The Hall–Kier alpha value is -3.79. The van der Waals surface area contributed by atoms with Crippen molar-refractivity contribution < 1.29 is 9.47 Å². The van der Waals surface area contributed by atoms with Crippen LogP contribution in [0.2, 0.25) is 0 Å². The van der Waals surface area contributed by atoms with Crippen molar-refractivity contribution >= 4 is 17.3 Å². The molecule has 7 nitrogen and oxygen atoms in total. The first-order valence-corrected chi connectivity index (χ1v) is 7.77. The number of hydrogen-bond donors (Lipinski definition) is 2. The van der Waals surface area contributed by atoms with E-state index in [4.69, 9.17) is 15.2 Å². The van der Waals surface area contributed by atoms with Gasteiger partial charge in [-0.2, -0.15) is 5.26 Å². The van der Waals surface area contributed by atoms with E-state index in [0.717, 1.165) is 5.56 Å². The van der Waals surface area contributed by atoms with E-state index in [2.05, 4.69) is 15.3 Å². The molecule has 3 N–H and O–H groups in total. The number of nitriles is 1. The van der Waals surface area contributed by atoms with Crippen LogP contribution in [-0.4, -0.2) is 24.2 Å². The zero-order valence-corrected chi connectivity index (χ0v) is 14.4. The number of nitrogens with zero attached hydrogens (tertiary/aromatic N) is 3. The monoisotopic (exact) mass is 347 g/mol. The summed E-state index contributed by atoms with van der Waals surface area (Å²) >= 11 is 0. The van der Waals surface area contributed by atoms with E-state index in [1.807, 2.05) is 36.4 Å². The molecule has 0 amide bonds. The SMILES string of the molecule is COc1cc(Nc2nc(-c3ccccc3)nc(N)c2C#N)cc(OC)c1. The van der Waals surface area contributed by atoms with Gasteiger partial charge in [0.25, 0.3) is 0 Å². The number of anilines is 3. The van der Waals surface area contributed by atoms with Crippen molar-refractivity contribution in [2.24, 2.45) is 0 Å². The predicted octanol–water partition coefficient (Wildman–Crippen LogP) is 3.36. The van der Waals surface area contributed by atoms with Gasteiger partial charge in [-0.1, -0.05) is 30.3 Å². The topological polar surface area (TPSA) is 106 Å². The molecule has 0 unspecified atom stereocenters. The number of ether oxygens (including phenoxy) is 2. The van der Waals surface area contributed by atoms with Gasteiger partial charge in [-0.25, -0.2) is 9.97 Å². The Morgan fingerprint density at radius 1 is 1.00 bits per heavy atom. The molecule has 2 aromatic carbocycles. The number of nitrogens with one attached hydrogen (secondary N) is 1. The molecular weight excluding hydrogens is 330 g/mol. The van der Waals surface area contributed by atoms with Gasteiger partial charge >= 0.3 is 0 Å². The first-order chi connectivity index (χ1) is 12.6. The molecule has 26 heavy (non-hydrogen) atoms. The van der Waals surface area contributed by atoms with Gasteiger partial charge < -0.3 is 20.5 Å². The highest BCUT2D eigenvalue weighted by molar-refractivity contribution is 5.73. The molecule has 0 radical (unpaired) electrons. The van der Waals surface area contributed by atoms with Gasteiger partial charge in [0.1, 0.15) is 28.9 Å². The maximum absolute atomic E-state index is 9.44. The Morgan fingerprint density at radius 3 is 2.23 bits per heavy atom. The third kappa shape index (κ3) is 3.49. The van der Waals surface area contributed by atoms with Crippen molar-refractivity contribution in [3.63, 3.8) is 0 Å². The number of aromatic nitrogens is 2. The molecular formula is C19H17N5O2. The lowest BCUT2D eigenvalue weighted by Gasteiger charge is -2.13. The van der Waals surface area contributed by atoms with Crippen molar-refractivity contribution in [2.75, 3.05) is 25.3 Å². The van der Waals surface area contributed by atoms with E-state index in [-0.39, 0.29) is 11.4 Å². The van der Waals surface area contributed by atoms with Crippen molar-refractivity contribution in [3.8, 4) is 29.0 Å². The Bertz CT molecular complexity index is 945. The third-order valence-corrected chi connectivity index (χ3v) is 3.69. The number of nitrogens with two attached hydrogens (primary N) is 1. The lowest BCUT2D eigenvalue weighted by Crippen LogP contribution is -2.06. The Labute approximate surface area is 151 Å². The standard InChI is InChI=1S/C19H17N5O2/c1-25-14-8-13(9-15(10-14)26-2)22-19-16(11-20)17(21)23-18(24-19)12-6-4-3-5-7-12/h3-10H,1-2H3,(H3,21,22,23,24). The summed E-state index contributed by atoms with van der Waals surface area (Å²) in [4.78, 5) is 8.71. The minimum Gasteiger partial charge on any atom is -0.497 e. The number of rotatable bonds is 5. The zero-order valence-electron chi connectivity index (χ0n) is 14.4. The van der Waals surface area contributed by atoms with Gasteiger partial charge in [-0.3, -0.25) is 0 Å². The lowest BCUT2D eigenvalue weighted by molar-refractivity contribution is 0.395. The molecule has 0 saturated carbocycles. The fraction of sp³-hybridized carbons (Fsp3) is 0.105. The van der Waals surface area contributed by atoms with E-state index in [1.165, 1.54) is 0 Å². The summed E-state index contributed by atoms with van der Waals surface area (Å²) < 4.78 is 10.5. The van der Waals surface area contributed by atoms with Gasteiger partial charge in [0.15, 0.2) is 11.6 Å². The molecule has 7 heteroatoms. The molecule has 1 heterocycles. The summed E-state index contributed by atoms with van der Waals surface area (Å²) in [5, 5.41) is 12.6. The number of nitrogen functional groups attached to an aromatic ring is 1. The summed E-state index contributed by atoms with van der Waals surface area (Å²) in [6, 6.07) is 16.7. The van der Waals surface area contributed by atoms with Crippen LogP contribution in [0.1, 0.15) is 5.56 Å². The molecule has 0 aliphatic rings. The summed E-state index contributed by atoms with van der Waals surface area (Å²) in [6.45, 7) is 0. The Morgan fingerprint density at radius 2 is 1.65 bits per heavy atom. The highest BCUT2D eigenvalue weighted by atomic mass is 16.5. The van der Waals surface area contributed by atoms with Crippen LogP contribution in [0.3, 0.4) is 0 Å². The van der Waals surface area contributed by atoms with Gasteiger partial charge in [0, 0.05) is 29.4 Å². The lowest BCUT2D eigenvalue weighted by atomic mass is 10.2. The van der Waals surface area contributed by atoms with E-state index in [1.54, 1.807) is 32.4 Å². The molecule has 0 bridgehead atoms. The van der Waals surface area contributed by atoms with E-state index < -0.39 is 0 Å². The smallest absolute Gasteiger partial charge is 0.163 e. The Kier molecular flexibility index (Phi) is 4.85. The summed E-state index contributed by atoms with van der Waals surface area (Å²) in [7, 11) is 3.13. The zero-order chi connectivity index (χ0) is 18.5.